The van der Waals surface area contributed by atoms with Crippen LogP contribution in [0.15, 0.2) is 16.5 Å². The van der Waals surface area contributed by atoms with Gasteiger partial charge in [0.2, 0.25) is 0 Å². The molecule has 2 unspecified atom stereocenters. The van der Waals surface area contributed by atoms with Crippen LogP contribution in [0.1, 0.15) is 59.0 Å². The van der Waals surface area contributed by atoms with E-state index in [4.69, 9.17) is 4.74 Å². The summed E-state index contributed by atoms with van der Waals surface area (Å²) in [5.41, 5.74) is -0.548. The van der Waals surface area contributed by atoms with Crippen LogP contribution in [0.25, 0.3) is 0 Å². The van der Waals surface area contributed by atoms with Gasteiger partial charge in [-0.05, 0) is 6.92 Å². The molecule has 9 heteroatoms. The lowest BCUT2D eigenvalue weighted by Crippen LogP contribution is -2.42. The number of nitrogens with zero attached hydrogens (tertiary/aromatic N) is 6. The smallest absolute Gasteiger partial charge is 0.190 e. The largest absolute Gasteiger partial charge is 0.378 e. The van der Waals surface area contributed by atoms with E-state index in [0.717, 1.165) is 0 Å². The van der Waals surface area contributed by atoms with Gasteiger partial charge < -0.3 is 4.74 Å². The summed E-state index contributed by atoms with van der Waals surface area (Å²) in [4.78, 5) is 24.6. The third-order valence-corrected chi connectivity index (χ3v) is 4.61. The molecule has 28 heavy (non-hydrogen) atoms. The third-order valence-electron chi connectivity index (χ3n) is 4.61. The van der Waals surface area contributed by atoms with Crippen molar-refractivity contribution in [3.8, 4) is 0 Å². The molecule has 0 radical (unpaired) electrons. The van der Waals surface area contributed by atoms with E-state index in [2.05, 4.69) is 20.6 Å². The van der Waals surface area contributed by atoms with Gasteiger partial charge in [-0.15, -0.1) is 5.10 Å². The van der Waals surface area contributed by atoms with Gasteiger partial charge in [-0.2, -0.15) is 5.11 Å². The number of rotatable bonds is 8. The lowest BCUT2D eigenvalue weighted by molar-refractivity contribution is -0.128. The summed E-state index contributed by atoms with van der Waals surface area (Å²) >= 11 is 0. The second kappa shape index (κ2) is 8.46. The molecule has 9 nitrogen and oxygen atoms in total. The average molecular weight is 393 g/mol. The molecule has 156 valence electrons. The zero-order chi connectivity index (χ0) is 21.1. The number of carbonyl (C=O) groups excluding carboxylic acids is 2. The van der Waals surface area contributed by atoms with Gasteiger partial charge in [0.15, 0.2) is 17.6 Å². The van der Waals surface area contributed by atoms with Gasteiger partial charge in [0, 0.05) is 10.8 Å². The van der Waals surface area contributed by atoms with Crippen LogP contribution in [0, 0.1) is 10.8 Å². The number of hydrogen-bond acceptors (Lipinski definition) is 8. The highest BCUT2D eigenvalue weighted by molar-refractivity contribution is 5.97. The molecule has 0 fully saturated rings. The van der Waals surface area contributed by atoms with E-state index < -0.39 is 16.9 Å². The molecule has 2 atom stereocenters. The highest BCUT2D eigenvalue weighted by Crippen LogP contribution is 2.26. The summed E-state index contributed by atoms with van der Waals surface area (Å²) in [5, 5.41) is 18.0. The predicted molar refractivity (Wildman–Crippen MR) is 104 cm³/mol. The van der Waals surface area contributed by atoms with E-state index in [9.17, 15) is 9.59 Å². The molecule has 0 saturated carbocycles. The van der Waals surface area contributed by atoms with Crippen LogP contribution in [-0.2, 0) is 16.1 Å². The van der Waals surface area contributed by atoms with Gasteiger partial charge in [-0.3, -0.25) is 14.6 Å². The first-order valence-corrected chi connectivity index (χ1v) is 9.65. The van der Waals surface area contributed by atoms with Crippen LogP contribution < -0.4 is 0 Å². The summed E-state index contributed by atoms with van der Waals surface area (Å²) < 4.78 is 7.25. The Balaban J connectivity index is 1.72. The quantitative estimate of drug-likeness (QED) is 0.498. The Morgan fingerprint density at radius 2 is 1.71 bits per heavy atom. The van der Waals surface area contributed by atoms with Crippen LogP contribution in [0.4, 0.5) is 0 Å². The molecule has 1 aromatic heterocycles. The van der Waals surface area contributed by atoms with Crippen molar-refractivity contribution in [3.63, 3.8) is 0 Å². The van der Waals surface area contributed by atoms with Crippen molar-refractivity contribution in [2.45, 2.75) is 67.1 Å². The highest BCUT2D eigenvalue weighted by atomic mass is 16.5. The van der Waals surface area contributed by atoms with E-state index in [0.29, 0.717) is 32.0 Å². The highest BCUT2D eigenvalue weighted by Gasteiger charge is 2.39. The molecule has 0 saturated heterocycles. The van der Waals surface area contributed by atoms with Crippen LogP contribution >= 0.6 is 0 Å². The molecule has 1 aromatic rings. The Morgan fingerprint density at radius 1 is 1.07 bits per heavy atom. The van der Waals surface area contributed by atoms with E-state index >= 15 is 0 Å². The number of aromatic nitrogens is 3. The summed E-state index contributed by atoms with van der Waals surface area (Å²) in [7, 11) is 0. The Labute approximate surface area is 166 Å². The van der Waals surface area contributed by atoms with Crippen molar-refractivity contribution >= 4 is 11.6 Å². The number of Topliss-reactive ketones (excluding diaryl/α,β-unsaturated/α-hetero) is 2. The molecule has 2 heterocycles. The number of carbonyl (C=O) groups is 2. The average Bonchev–Trinajstić information content (AvgIpc) is 3.19. The van der Waals surface area contributed by atoms with Gasteiger partial charge in [-0.25, -0.2) is 4.68 Å². The van der Waals surface area contributed by atoms with Crippen LogP contribution in [0.2, 0.25) is 0 Å². The molecule has 0 bridgehead atoms. The molecule has 0 amide bonds. The zero-order valence-corrected chi connectivity index (χ0v) is 18.0. The normalized spacial score (nSPS) is 20.0. The van der Waals surface area contributed by atoms with E-state index in [1.54, 1.807) is 15.9 Å². The fraction of sp³-hybridized carbons (Fsp3) is 0.789. The summed E-state index contributed by atoms with van der Waals surface area (Å²) in [6.07, 6.45) is 1.65. The first-order valence-electron chi connectivity index (χ1n) is 9.65. The molecule has 0 N–H and O–H groups in total. The number of ketones is 2. The van der Waals surface area contributed by atoms with Gasteiger partial charge in [0.1, 0.15) is 5.69 Å². The summed E-state index contributed by atoms with van der Waals surface area (Å²) in [6, 6.07) is -0.495. The maximum atomic E-state index is 12.4. The van der Waals surface area contributed by atoms with Crippen molar-refractivity contribution in [2.75, 3.05) is 19.8 Å². The number of hydrogen-bond donors (Lipinski definition) is 0. The standard InChI is InChI=1S/C19H32N6O3/c1-13-15(17(27)19(5,6)7)21-23-25(13)9-11-28-10-8-24-12-14(20-22-24)16(26)18(2,3)4/h12-13,15H,8-11H2,1-7H3. The van der Waals surface area contributed by atoms with Crippen LogP contribution in [-0.4, -0.2) is 63.4 Å². The van der Waals surface area contributed by atoms with Crippen LogP contribution in [0.5, 0.6) is 0 Å². The van der Waals surface area contributed by atoms with Gasteiger partial charge in [0.05, 0.1) is 38.5 Å². The SMILES string of the molecule is CC1C(C(=O)C(C)(C)C)N=NN1CCOCCn1cc(C(=O)C(C)(C)C)nn1. The van der Waals surface area contributed by atoms with Crippen molar-refractivity contribution in [2.24, 2.45) is 21.2 Å². The lowest BCUT2D eigenvalue weighted by Gasteiger charge is -2.25. The van der Waals surface area contributed by atoms with Gasteiger partial charge in [-0.1, -0.05) is 52.0 Å². The number of ether oxygens (including phenoxy) is 1. The molecule has 0 aromatic carbocycles. The Hall–Kier alpha value is -2.16. The summed E-state index contributed by atoms with van der Waals surface area (Å²) in [6.45, 7) is 15.2. The molecular formula is C19H32N6O3. The fourth-order valence-corrected chi connectivity index (χ4v) is 2.74. The lowest BCUT2D eigenvalue weighted by atomic mass is 9.84. The van der Waals surface area contributed by atoms with E-state index in [-0.39, 0.29) is 17.6 Å². The molecule has 0 spiro atoms. The second-order valence-corrected chi connectivity index (χ2v) is 9.23. The monoisotopic (exact) mass is 392 g/mol. The third kappa shape index (κ3) is 5.43. The Kier molecular flexibility index (Phi) is 6.69. The van der Waals surface area contributed by atoms with Gasteiger partial charge >= 0.3 is 0 Å². The minimum Gasteiger partial charge on any atom is -0.378 e. The van der Waals surface area contributed by atoms with E-state index in [1.165, 1.54) is 0 Å². The van der Waals surface area contributed by atoms with E-state index in [1.807, 2.05) is 48.5 Å². The van der Waals surface area contributed by atoms with Crippen molar-refractivity contribution in [3.05, 3.63) is 11.9 Å². The first-order chi connectivity index (χ1) is 12.9. The second-order valence-electron chi connectivity index (χ2n) is 9.23. The molecule has 1 aliphatic rings. The summed E-state index contributed by atoms with van der Waals surface area (Å²) in [5.74, 6) is 0.0615. The van der Waals surface area contributed by atoms with Gasteiger partial charge in [0.25, 0.3) is 0 Å². The molecule has 2 rings (SSSR count). The fourth-order valence-electron chi connectivity index (χ4n) is 2.74. The Bertz CT molecular complexity index is 729. The predicted octanol–water partition coefficient (Wildman–Crippen LogP) is 2.58. The molecule has 1 aliphatic heterocycles. The van der Waals surface area contributed by atoms with Crippen molar-refractivity contribution in [1.29, 1.82) is 0 Å². The maximum absolute atomic E-state index is 12.4. The van der Waals surface area contributed by atoms with Crippen molar-refractivity contribution in [1.82, 2.24) is 20.0 Å². The maximum Gasteiger partial charge on any atom is 0.190 e. The zero-order valence-electron chi connectivity index (χ0n) is 18.0. The molecule has 0 aliphatic carbocycles. The minimum atomic E-state index is -0.482. The topological polar surface area (TPSA) is 102 Å². The van der Waals surface area contributed by atoms with Crippen LogP contribution in [0.3, 0.4) is 0 Å². The van der Waals surface area contributed by atoms with Crippen molar-refractivity contribution < 1.29 is 14.3 Å². The molecular weight excluding hydrogens is 360 g/mol. The Morgan fingerprint density at radius 3 is 2.32 bits per heavy atom. The minimum absolute atomic E-state index is 0.0348. The first kappa shape index (κ1) is 22.1.